The third-order valence-corrected chi connectivity index (χ3v) is 5.15. The molecule has 4 aromatic rings. The molecule has 0 saturated carbocycles. The molecule has 0 saturated heterocycles. The first-order chi connectivity index (χ1) is 13.1. The summed E-state index contributed by atoms with van der Waals surface area (Å²) in [4.78, 5) is 0. The van der Waals surface area contributed by atoms with E-state index in [-0.39, 0.29) is 5.82 Å². The highest BCUT2D eigenvalue weighted by Crippen LogP contribution is 2.47. The van der Waals surface area contributed by atoms with Crippen molar-refractivity contribution in [3.63, 3.8) is 0 Å². The number of hydrogen-bond acceptors (Lipinski definition) is 5. The molecule has 0 aliphatic carbocycles. The lowest BCUT2D eigenvalue weighted by Crippen LogP contribution is -2.35. The zero-order valence-electron chi connectivity index (χ0n) is 14.5. The van der Waals surface area contributed by atoms with Crippen molar-refractivity contribution in [1.29, 1.82) is 0 Å². The lowest BCUT2D eigenvalue weighted by atomic mass is 9.87. The molecule has 3 N–H and O–H groups in total. The number of aromatic amines is 1. The summed E-state index contributed by atoms with van der Waals surface area (Å²) in [6.07, 6.45) is -0.935. The first-order valence-electron chi connectivity index (χ1n) is 8.69. The number of nitrogens with zero attached hydrogens (tertiary/aromatic N) is 4. The highest BCUT2D eigenvalue weighted by atomic mass is 19.1. The van der Waals surface area contributed by atoms with Crippen LogP contribution in [0.2, 0.25) is 0 Å². The Labute approximate surface area is 153 Å². The minimum Gasteiger partial charge on any atom is -0.386 e. The first kappa shape index (κ1) is 16.0. The van der Waals surface area contributed by atoms with Crippen LogP contribution >= 0.6 is 0 Å². The van der Waals surface area contributed by atoms with Crippen molar-refractivity contribution >= 4 is 16.9 Å². The van der Waals surface area contributed by atoms with Gasteiger partial charge < -0.3 is 10.4 Å². The topological polar surface area (TPSA) is 91.6 Å². The maximum atomic E-state index is 14.6. The summed E-state index contributed by atoms with van der Waals surface area (Å²) in [5.74, 6) is 0.168. The monoisotopic (exact) mass is 364 g/mol. The van der Waals surface area contributed by atoms with Crippen LogP contribution in [0.3, 0.4) is 0 Å². The number of aliphatic hydroxyl groups is 1. The lowest BCUT2D eigenvalue weighted by Gasteiger charge is -2.36. The Hall–Kier alpha value is -3.26. The number of halogens is 1. The first-order valence-corrected chi connectivity index (χ1v) is 8.69. The molecule has 2 aromatic heterocycles. The van der Waals surface area contributed by atoms with Crippen LogP contribution < -0.4 is 5.32 Å². The molecule has 0 unspecified atom stereocenters. The van der Waals surface area contributed by atoms with Gasteiger partial charge in [-0.15, -0.1) is 5.10 Å². The Morgan fingerprint density at radius 1 is 1.11 bits per heavy atom. The molecule has 2 aromatic carbocycles. The van der Waals surface area contributed by atoms with Crippen LogP contribution in [0.25, 0.3) is 11.0 Å². The van der Waals surface area contributed by atoms with Crippen LogP contribution in [0.4, 0.5) is 10.2 Å². The fraction of sp³-hybridized carbons (Fsp3) is 0.211. The van der Waals surface area contributed by atoms with Crippen molar-refractivity contribution in [2.45, 2.75) is 25.1 Å². The molecule has 0 amide bonds. The Balaban J connectivity index is 1.74. The average Bonchev–Trinajstić information content (AvgIpc) is 3.26. The van der Waals surface area contributed by atoms with E-state index in [0.717, 1.165) is 11.2 Å². The Bertz CT molecular complexity index is 1140. The minimum atomic E-state index is -0.935. The smallest absolute Gasteiger partial charge is 0.154 e. The zero-order valence-corrected chi connectivity index (χ0v) is 14.5. The number of H-pyrrole nitrogens is 1. The van der Waals surface area contributed by atoms with E-state index in [1.54, 1.807) is 22.9 Å². The van der Waals surface area contributed by atoms with Crippen molar-refractivity contribution in [3.8, 4) is 0 Å². The van der Waals surface area contributed by atoms with Crippen LogP contribution in [0.15, 0.2) is 48.5 Å². The number of anilines is 1. The Morgan fingerprint density at radius 2 is 1.89 bits per heavy atom. The van der Waals surface area contributed by atoms with Crippen molar-refractivity contribution in [2.75, 3.05) is 5.32 Å². The molecule has 136 valence electrons. The summed E-state index contributed by atoms with van der Waals surface area (Å²) >= 11 is 0. The second kappa shape index (κ2) is 5.88. The van der Waals surface area contributed by atoms with Gasteiger partial charge in [0.2, 0.25) is 0 Å². The third-order valence-electron chi connectivity index (χ3n) is 5.15. The van der Waals surface area contributed by atoms with Gasteiger partial charge in [0.1, 0.15) is 23.5 Å². The van der Waals surface area contributed by atoms with E-state index in [9.17, 15) is 9.50 Å². The van der Waals surface area contributed by atoms with Gasteiger partial charge in [0.15, 0.2) is 5.82 Å². The number of aryl methyl sites for hydroxylation is 1. The number of benzene rings is 2. The SMILES string of the molecule is Cc1[nH]nc2c1[C@@H](O)[C@H](n1nnc3ccccc31)[C@@H](c1ccccc1F)N2. The van der Waals surface area contributed by atoms with Crippen molar-refractivity contribution in [2.24, 2.45) is 0 Å². The van der Waals surface area contributed by atoms with Crippen LogP contribution in [0.1, 0.15) is 35.0 Å². The second-order valence-corrected chi connectivity index (χ2v) is 6.71. The molecule has 27 heavy (non-hydrogen) atoms. The number of aromatic nitrogens is 5. The van der Waals surface area contributed by atoms with E-state index in [0.29, 0.717) is 22.5 Å². The average molecular weight is 364 g/mol. The number of para-hydroxylation sites is 1. The predicted octanol–water partition coefficient (Wildman–Crippen LogP) is 3.04. The second-order valence-electron chi connectivity index (χ2n) is 6.71. The van der Waals surface area contributed by atoms with Crippen LogP contribution in [-0.2, 0) is 0 Å². The number of rotatable bonds is 2. The van der Waals surface area contributed by atoms with E-state index in [1.807, 2.05) is 31.2 Å². The Kier molecular flexibility index (Phi) is 3.48. The van der Waals surface area contributed by atoms with Crippen LogP contribution in [-0.4, -0.2) is 30.3 Å². The van der Waals surface area contributed by atoms with Gasteiger partial charge in [-0.2, -0.15) is 5.10 Å². The quantitative estimate of drug-likeness (QED) is 0.508. The van der Waals surface area contributed by atoms with E-state index in [2.05, 4.69) is 25.8 Å². The Morgan fingerprint density at radius 3 is 2.74 bits per heavy atom. The van der Waals surface area contributed by atoms with Gasteiger partial charge in [0.05, 0.1) is 11.6 Å². The van der Waals surface area contributed by atoms with Crippen LogP contribution in [0.5, 0.6) is 0 Å². The maximum Gasteiger partial charge on any atom is 0.154 e. The summed E-state index contributed by atoms with van der Waals surface area (Å²) in [5.41, 5.74) is 3.34. The van der Waals surface area contributed by atoms with Gasteiger partial charge in [-0.3, -0.25) is 5.10 Å². The fourth-order valence-electron chi connectivity index (χ4n) is 3.87. The summed E-state index contributed by atoms with van der Waals surface area (Å²) < 4.78 is 16.3. The molecular weight excluding hydrogens is 347 g/mol. The molecule has 0 spiro atoms. The van der Waals surface area contributed by atoms with Crippen molar-refractivity contribution in [3.05, 3.63) is 71.2 Å². The standard InChI is InChI=1S/C19H17FN6O/c1-10-15-18(27)17(26-14-9-5-4-8-13(14)23-25-26)16(21-19(15)24-22-10)11-6-2-3-7-12(11)20/h2-9,16-18,27H,1H3,(H2,21,22,24)/t16-,17-,18-/m1/s1. The zero-order chi connectivity index (χ0) is 18.5. The molecule has 1 aliphatic rings. The molecule has 0 fully saturated rings. The molecule has 0 radical (unpaired) electrons. The van der Waals surface area contributed by atoms with E-state index >= 15 is 0 Å². The number of aliphatic hydroxyl groups excluding tert-OH is 1. The fourth-order valence-corrected chi connectivity index (χ4v) is 3.87. The van der Waals surface area contributed by atoms with Gasteiger partial charge >= 0.3 is 0 Å². The number of nitrogens with one attached hydrogen (secondary N) is 2. The van der Waals surface area contributed by atoms with E-state index in [4.69, 9.17) is 0 Å². The lowest BCUT2D eigenvalue weighted by molar-refractivity contribution is 0.0894. The van der Waals surface area contributed by atoms with Gasteiger partial charge in [0.25, 0.3) is 0 Å². The molecule has 5 rings (SSSR count). The van der Waals surface area contributed by atoms with Gasteiger partial charge in [0, 0.05) is 16.8 Å². The van der Waals surface area contributed by atoms with Crippen LogP contribution in [0, 0.1) is 12.7 Å². The highest BCUT2D eigenvalue weighted by molar-refractivity contribution is 5.74. The molecule has 8 heteroatoms. The molecule has 7 nitrogen and oxygen atoms in total. The summed E-state index contributed by atoms with van der Waals surface area (Å²) in [5, 5.41) is 30.1. The predicted molar refractivity (Wildman–Crippen MR) is 97.6 cm³/mol. The van der Waals surface area contributed by atoms with E-state index in [1.165, 1.54) is 6.07 Å². The molecule has 1 aliphatic heterocycles. The number of hydrogen-bond donors (Lipinski definition) is 3. The van der Waals surface area contributed by atoms with E-state index < -0.39 is 18.2 Å². The molecule has 3 atom stereocenters. The maximum absolute atomic E-state index is 14.6. The van der Waals surface area contributed by atoms with Gasteiger partial charge in [-0.05, 0) is 25.1 Å². The summed E-state index contributed by atoms with van der Waals surface area (Å²) in [6, 6.07) is 12.9. The third kappa shape index (κ3) is 2.33. The van der Waals surface area contributed by atoms with Gasteiger partial charge in [-0.25, -0.2) is 9.07 Å². The highest BCUT2D eigenvalue weighted by Gasteiger charge is 2.42. The summed E-state index contributed by atoms with van der Waals surface area (Å²) in [6.45, 7) is 1.84. The molecular formula is C19H17FN6O. The minimum absolute atomic E-state index is 0.354. The van der Waals surface area contributed by atoms with Crippen molar-refractivity contribution in [1.82, 2.24) is 25.2 Å². The molecule has 0 bridgehead atoms. The van der Waals surface area contributed by atoms with Crippen molar-refractivity contribution < 1.29 is 9.50 Å². The van der Waals surface area contributed by atoms with Gasteiger partial charge in [-0.1, -0.05) is 35.5 Å². The summed E-state index contributed by atoms with van der Waals surface area (Å²) in [7, 11) is 0. The molecule has 3 heterocycles. The normalized spacial score (nSPS) is 21.8. The number of fused-ring (bicyclic) bond motifs is 2. The largest absolute Gasteiger partial charge is 0.386 e.